The Morgan fingerprint density at radius 2 is 2.40 bits per heavy atom. The van der Waals surface area contributed by atoms with E-state index in [0.717, 1.165) is 14.6 Å². The van der Waals surface area contributed by atoms with Crippen molar-refractivity contribution in [1.29, 1.82) is 0 Å². The van der Waals surface area contributed by atoms with Crippen LogP contribution < -0.4 is 0 Å². The molecule has 0 N–H and O–H groups in total. The zero-order valence-electron chi connectivity index (χ0n) is 8.62. The number of rotatable bonds is 2. The van der Waals surface area contributed by atoms with E-state index in [1.165, 1.54) is 19.3 Å². The molecule has 2 unspecified atom stereocenters. The van der Waals surface area contributed by atoms with Crippen molar-refractivity contribution < 1.29 is 4.74 Å². The van der Waals surface area contributed by atoms with Crippen molar-refractivity contribution in [3.05, 3.63) is 14.4 Å². The van der Waals surface area contributed by atoms with Gasteiger partial charge in [0.15, 0.2) is 0 Å². The van der Waals surface area contributed by atoms with Crippen LogP contribution in [0.2, 0.25) is 0 Å². The molecule has 1 saturated carbocycles. The summed E-state index contributed by atoms with van der Waals surface area (Å²) in [5.41, 5.74) is 0. The van der Waals surface area contributed by atoms with Gasteiger partial charge in [-0.1, -0.05) is 0 Å². The van der Waals surface area contributed by atoms with Crippen LogP contribution in [0, 0.1) is 3.70 Å². The standard InChI is InChI=1S/C10H14BrIN2O/c1-15-8-4-2-3-7(5-8)14-6-9(11)10(12)13-14/h6-8H,2-5H2,1H3. The summed E-state index contributed by atoms with van der Waals surface area (Å²) in [4.78, 5) is 0. The first-order chi connectivity index (χ1) is 7.20. The summed E-state index contributed by atoms with van der Waals surface area (Å²) in [6.45, 7) is 0. The smallest absolute Gasteiger partial charge is 0.137 e. The van der Waals surface area contributed by atoms with E-state index in [-0.39, 0.29) is 0 Å². The summed E-state index contributed by atoms with van der Waals surface area (Å²) >= 11 is 5.74. The Morgan fingerprint density at radius 1 is 1.60 bits per heavy atom. The van der Waals surface area contributed by atoms with E-state index in [1.54, 1.807) is 7.11 Å². The van der Waals surface area contributed by atoms with E-state index in [2.05, 4.69) is 54.5 Å². The fourth-order valence-electron chi connectivity index (χ4n) is 2.11. The highest BCUT2D eigenvalue weighted by atomic mass is 127. The highest BCUT2D eigenvalue weighted by Gasteiger charge is 2.24. The van der Waals surface area contributed by atoms with Gasteiger partial charge in [-0.25, -0.2) is 0 Å². The minimum absolute atomic E-state index is 0.407. The molecule has 3 nitrogen and oxygen atoms in total. The van der Waals surface area contributed by atoms with Crippen molar-refractivity contribution in [2.45, 2.75) is 37.8 Å². The Hall–Kier alpha value is 0.380. The van der Waals surface area contributed by atoms with Gasteiger partial charge in [0.05, 0.1) is 16.6 Å². The first kappa shape index (κ1) is 11.9. The Balaban J connectivity index is 2.09. The maximum absolute atomic E-state index is 5.43. The van der Waals surface area contributed by atoms with Gasteiger partial charge in [0, 0.05) is 13.3 Å². The molecule has 1 aromatic rings. The molecule has 0 spiro atoms. The molecule has 1 aromatic heterocycles. The molecule has 1 aliphatic rings. The van der Waals surface area contributed by atoms with Gasteiger partial charge < -0.3 is 4.74 Å². The van der Waals surface area contributed by atoms with Gasteiger partial charge in [-0.15, -0.1) is 0 Å². The van der Waals surface area contributed by atoms with Crippen molar-refractivity contribution in [2.75, 3.05) is 7.11 Å². The first-order valence-electron chi connectivity index (χ1n) is 5.13. The first-order valence-corrected chi connectivity index (χ1v) is 7.01. The van der Waals surface area contributed by atoms with Crippen molar-refractivity contribution in [3.8, 4) is 0 Å². The summed E-state index contributed by atoms with van der Waals surface area (Å²) in [5.74, 6) is 0. The third-order valence-electron chi connectivity index (χ3n) is 2.95. The second kappa shape index (κ2) is 5.14. The molecule has 0 amide bonds. The number of hydrogen-bond donors (Lipinski definition) is 0. The summed E-state index contributed by atoms with van der Waals surface area (Å²) in [5, 5.41) is 4.50. The van der Waals surface area contributed by atoms with Gasteiger partial charge in [-0.2, -0.15) is 5.10 Å². The number of aromatic nitrogens is 2. The lowest BCUT2D eigenvalue weighted by Gasteiger charge is -2.28. The highest BCUT2D eigenvalue weighted by molar-refractivity contribution is 14.1. The normalized spacial score (nSPS) is 26.9. The minimum atomic E-state index is 0.407. The van der Waals surface area contributed by atoms with Crippen LogP contribution in [-0.2, 0) is 4.74 Å². The number of halogens is 2. The van der Waals surface area contributed by atoms with Crippen molar-refractivity contribution in [3.63, 3.8) is 0 Å². The van der Waals surface area contributed by atoms with E-state index in [4.69, 9.17) is 4.74 Å². The van der Waals surface area contributed by atoms with Crippen molar-refractivity contribution in [2.24, 2.45) is 0 Å². The molecular formula is C10H14BrIN2O. The van der Waals surface area contributed by atoms with Crippen molar-refractivity contribution in [1.82, 2.24) is 9.78 Å². The Morgan fingerprint density at radius 3 is 3.00 bits per heavy atom. The summed E-state index contributed by atoms with van der Waals surface area (Å²) in [7, 11) is 1.80. The second-order valence-corrected chi connectivity index (χ2v) is 5.80. The molecule has 84 valence electrons. The molecule has 1 aliphatic carbocycles. The Bertz CT molecular complexity index is 323. The van der Waals surface area contributed by atoms with Crippen LogP contribution in [0.25, 0.3) is 0 Å². The monoisotopic (exact) mass is 384 g/mol. The lowest BCUT2D eigenvalue weighted by molar-refractivity contribution is 0.0507. The largest absolute Gasteiger partial charge is 0.381 e. The van der Waals surface area contributed by atoms with Gasteiger partial charge >= 0.3 is 0 Å². The molecule has 15 heavy (non-hydrogen) atoms. The van der Waals surface area contributed by atoms with Crippen LogP contribution in [0.3, 0.4) is 0 Å². The summed E-state index contributed by atoms with van der Waals surface area (Å²) < 4.78 is 9.63. The average Bonchev–Trinajstić information content (AvgIpc) is 2.59. The van der Waals surface area contributed by atoms with Crippen LogP contribution in [0.1, 0.15) is 31.7 Å². The molecule has 5 heteroatoms. The zero-order valence-corrected chi connectivity index (χ0v) is 12.4. The van der Waals surface area contributed by atoms with E-state index < -0.39 is 0 Å². The SMILES string of the molecule is COC1CCCC(n2cc(Br)c(I)n2)C1. The van der Waals surface area contributed by atoms with Gasteiger partial charge in [0.2, 0.25) is 0 Å². The summed E-state index contributed by atoms with van der Waals surface area (Å²) in [6, 6.07) is 0.503. The van der Waals surface area contributed by atoms with Crippen LogP contribution >= 0.6 is 38.5 Å². The maximum Gasteiger partial charge on any atom is 0.137 e. The van der Waals surface area contributed by atoms with E-state index in [1.807, 2.05) is 0 Å². The quantitative estimate of drug-likeness (QED) is 0.731. The van der Waals surface area contributed by atoms with Gasteiger partial charge in [-0.3, -0.25) is 4.68 Å². The molecule has 1 fully saturated rings. The Kier molecular flexibility index (Phi) is 4.06. The molecule has 0 saturated heterocycles. The summed E-state index contributed by atoms with van der Waals surface area (Å²) in [6.07, 6.45) is 7.20. The zero-order chi connectivity index (χ0) is 10.8. The van der Waals surface area contributed by atoms with Crippen LogP contribution in [0.4, 0.5) is 0 Å². The molecule has 2 atom stereocenters. The highest BCUT2D eigenvalue weighted by Crippen LogP contribution is 2.31. The maximum atomic E-state index is 5.43. The molecule has 0 bridgehead atoms. The molecule has 0 aliphatic heterocycles. The predicted octanol–water partition coefficient (Wildman–Crippen LogP) is 3.38. The average molecular weight is 385 g/mol. The van der Waals surface area contributed by atoms with E-state index >= 15 is 0 Å². The predicted molar refractivity (Wildman–Crippen MR) is 70.9 cm³/mol. The third-order valence-corrected chi connectivity index (χ3v) is 5.07. The number of ether oxygens (including phenoxy) is 1. The fraction of sp³-hybridized carbons (Fsp3) is 0.700. The molecule has 0 aromatic carbocycles. The third kappa shape index (κ3) is 2.74. The topological polar surface area (TPSA) is 27.1 Å². The molecule has 2 rings (SSSR count). The Labute approximate surface area is 112 Å². The number of methoxy groups -OCH3 is 1. The molecule has 0 radical (unpaired) electrons. The van der Waals surface area contributed by atoms with Gasteiger partial charge in [-0.05, 0) is 64.2 Å². The van der Waals surface area contributed by atoms with Crippen LogP contribution in [0.5, 0.6) is 0 Å². The minimum Gasteiger partial charge on any atom is -0.381 e. The lowest BCUT2D eigenvalue weighted by atomic mass is 9.93. The number of hydrogen-bond acceptors (Lipinski definition) is 2. The molecular weight excluding hydrogens is 371 g/mol. The van der Waals surface area contributed by atoms with Crippen LogP contribution in [-0.4, -0.2) is 23.0 Å². The number of nitrogens with zero attached hydrogens (tertiary/aromatic N) is 2. The van der Waals surface area contributed by atoms with Crippen molar-refractivity contribution >= 4 is 38.5 Å². The van der Waals surface area contributed by atoms with E-state index in [0.29, 0.717) is 12.1 Å². The lowest BCUT2D eigenvalue weighted by Crippen LogP contribution is -2.24. The fourth-order valence-corrected chi connectivity index (χ4v) is 2.79. The van der Waals surface area contributed by atoms with Gasteiger partial charge in [0.1, 0.15) is 3.70 Å². The van der Waals surface area contributed by atoms with Gasteiger partial charge in [0.25, 0.3) is 0 Å². The molecule has 1 heterocycles. The van der Waals surface area contributed by atoms with Crippen LogP contribution in [0.15, 0.2) is 10.7 Å². The van der Waals surface area contributed by atoms with E-state index in [9.17, 15) is 0 Å². The second-order valence-electron chi connectivity index (χ2n) is 3.93.